The monoisotopic (exact) mass is 321 g/mol. The van der Waals surface area contributed by atoms with Crippen LogP contribution >= 0.6 is 11.6 Å². The van der Waals surface area contributed by atoms with Gasteiger partial charge in [-0.2, -0.15) is 5.10 Å². The molecule has 0 aliphatic carbocycles. The van der Waals surface area contributed by atoms with Crippen molar-refractivity contribution in [3.05, 3.63) is 40.4 Å². The second kappa shape index (κ2) is 6.43. The van der Waals surface area contributed by atoms with E-state index in [1.807, 2.05) is 6.07 Å². The number of morpholine rings is 1. The Kier molecular flexibility index (Phi) is 4.37. The van der Waals surface area contributed by atoms with Gasteiger partial charge in [0.15, 0.2) is 5.69 Å². The highest BCUT2D eigenvalue weighted by Gasteiger charge is 2.18. The normalized spacial score (nSPS) is 18.2. The molecule has 7 nitrogen and oxygen atoms in total. The third-order valence-corrected chi connectivity index (χ3v) is 3.85. The number of aromatic nitrogens is 3. The van der Waals surface area contributed by atoms with Crippen molar-refractivity contribution >= 4 is 23.2 Å². The van der Waals surface area contributed by atoms with Crippen molar-refractivity contribution in [2.75, 3.05) is 25.0 Å². The Morgan fingerprint density at radius 2 is 2.36 bits per heavy atom. The molecule has 22 heavy (non-hydrogen) atoms. The molecule has 3 rings (SSSR count). The van der Waals surface area contributed by atoms with Gasteiger partial charge in [0, 0.05) is 13.1 Å². The quantitative estimate of drug-likeness (QED) is 0.800. The van der Waals surface area contributed by atoms with E-state index in [-0.39, 0.29) is 17.7 Å². The lowest BCUT2D eigenvalue weighted by atomic mass is 10.2. The number of nitrogens with one attached hydrogen (secondary N) is 3. The molecule has 0 aromatic carbocycles. The summed E-state index contributed by atoms with van der Waals surface area (Å²) in [6, 6.07) is 3.62. The Labute approximate surface area is 132 Å². The van der Waals surface area contributed by atoms with Crippen molar-refractivity contribution in [3.63, 3.8) is 0 Å². The topological polar surface area (TPSA) is 91.9 Å². The summed E-state index contributed by atoms with van der Waals surface area (Å²) in [5, 5.41) is 12.8. The van der Waals surface area contributed by atoms with Gasteiger partial charge in [-0.1, -0.05) is 11.6 Å². The maximum Gasteiger partial charge on any atom is 0.277 e. The van der Waals surface area contributed by atoms with Crippen LogP contribution in [-0.4, -0.2) is 40.8 Å². The Morgan fingerprint density at radius 3 is 2.95 bits per heavy atom. The molecule has 1 amide bonds. The van der Waals surface area contributed by atoms with Crippen LogP contribution in [0.3, 0.4) is 0 Å². The van der Waals surface area contributed by atoms with E-state index in [1.54, 1.807) is 19.2 Å². The van der Waals surface area contributed by atoms with Gasteiger partial charge in [0.25, 0.3) is 5.91 Å². The summed E-state index contributed by atoms with van der Waals surface area (Å²) in [6.07, 6.45) is 1.54. The molecule has 2 aromatic rings. The highest BCUT2D eigenvalue weighted by Crippen LogP contribution is 2.20. The van der Waals surface area contributed by atoms with E-state index < -0.39 is 0 Å². The predicted octanol–water partition coefficient (Wildman–Crippen LogP) is 1.68. The second-order valence-corrected chi connectivity index (χ2v) is 5.38. The Balaban J connectivity index is 1.68. The van der Waals surface area contributed by atoms with Crippen LogP contribution in [0.2, 0.25) is 5.02 Å². The van der Waals surface area contributed by atoms with E-state index in [2.05, 4.69) is 25.8 Å². The maximum absolute atomic E-state index is 12.1. The fraction of sp³-hybridized carbons (Fsp3) is 0.357. The average Bonchev–Trinajstić information content (AvgIpc) is 2.88. The number of rotatable bonds is 3. The number of pyridine rings is 1. The number of hydrogen-bond acceptors (Lipinski definition) is 5. The first kappa shape index (κ1) is 15.0. The summed E-state index contributed by atoms with van der Waals surface area (Å²) < 4.78 is 5.63. The van der Waals surface area contributed by atoms with Crippen LogP contribution in [0.15, 0.2) is 18.3 Å². The standard InChI is InChI=1S/C14H16ClN5O2/c1-8-12(15)13(20-19-8)14(21)18-9-2-3-10(17-6-9)11-7-16-4-5-22-11/h2-3,6,11,16H,4-5,7H2,1H3,(H,18,21)(H,19,20)/t11-/m1/s1. The number of H-pyrrole nitrogens is 1. The zero-order chi connectivity index (χ0) is 15.5. The van der Waals surface area contributed by atoms with E-state index in [0.717, 1.165) is 18.8 Å². The lowest BCUT2D eigenvalue weighted by Gasteiger charge is -2.23. The number of hydrogen-bond donors (Lipinski definition) is 3. The number of carbonyl (C=O) groups is 1. The first-order valence-corrected chi connectivity index (χ1v) is 7.33. The van der Waals surface area contributed by atoms with Gasteiger partial charge in [0.1, 0.15) is 6.10 Å². The molecule has 1 aliphatic rings. The summed E-state index contributed by atoms with van der Waals surface area (Å²) in [5.74, 6) is -0.375. The third kappa shape index (κ3) is 3.11. The lowest BCUT2D eigenvalue weighted by Crippen LogP contribution is -2.33. The van der Waals surface area contributed by atoms with Gasteiger partial charge in [-0.05, 0) is 19.1 Å². The van der Waals surface area contributed by atoms with Gasteiger partial charge in [0.2, 0.25) is 0 Å². The van der Waals surface area contributed by atoms with E-state index in [0.29, 0.717) is 23.0 Å². The van der Waals surface area contributed by atoms with Crippen LogP contribution in [0.5, 0.6) is 0 Å². The first-order chi connectivity index (χ1) is 10.6. The van der Waals surface area contributed by atoms with Crippen LogP contribution in [0, 0.1) is 6.92 Å². The zero-order valence-electron chi connectivity index (χ0n) is 12.0. The molecule has 116 valence electrons. The van der Waals surface area contributed by atoms with Crippen molar-refractivity contribution in [1.29, 1.82) is 0 Å². The minimum absolute atomic E-state index is 0.0538. The molecule has 0 radical (unpaired) electrons. The van der Waals surface area contributed by atoms with Gasteiger partial charge in [-0.25, -0.2) is 0 Å². The van der Waals surface area contributed by atoms with Crippen LogP contribution in [0.1, 0.15) is 28.0 Å². The van der Waals surface area contributed by atoms with Gasteiger partial charge in [-0.3, -0.25) is 14.9 Å². The number of aromatic amines is 1. The molecule has 0 unspecified atom stereocenters. The fourth-order valence-corrected chi connectivity index (χ4v) is 2.35. The Hall–Kier alpha value is -1.96. The third-order valence-electron chi connectivity index (χ3n) is 3.39. The Morgan fingerprint density at radius 1 is 1.50 bits per heavy atom. The molecule has 8 heteroatoms. The maximum atomic E-state index is 12.1. The summed E-state index contributed by atoms with van der Waals surface area (Å²) in [6.45, 7) is 4.01. The van der Waals surface area contributed by atoms with Gasteiger partial charge in [0.05, 0.1) is 34.9 Å². The van der Waals surface area contributed by atoms with Crippen LogP contribution in [0.4, 0.5) is 5.69 Å². The van der Waals surface area contributed by atoms with Crippen molar-refractivity contribution < 1.29 is 9.53 Å². The van der Waals surface area contributed by atoms with E-state index in [4.69, 9.17) is 16.3 Å². The van der Waals surface area contributed by atoms with Crippen molar-refractivity contribution in [3.8, 4) is 0 Å². The number of anilines is 1. The molecular weight excluding hydrogens is 306 g/mol. The summed E-state index contributed by atoms with van der Waals surface area (Å²) in [4.78, 5) is 16.4. The highest BCUT2D eigenvalue weighted by atomic mass is 35.5. The molecule has 1 saturated heterocycles. The number of halogens is 1. The second-order valence-electron chi connectivity index (χ2n) is 5.00. The SMILES string of the molecule is Cc1[nH]nc(C(=O)Nc2ccc([C@H]3CNCCO3)nc2)c1Cl. The molecule has 0 saturated carbocycles. The molecule has 0 spiro atoms. The van der Waals surface area contributed by atoms with Gasteiger partial charge >= 0.3 is 0 Å². The van der Waals surface area contributed by atoms with E-state index in [9.17, 15) is 4.79 Å². The number of ether oxygens (including phenoxy) is 1. The van der Waals surface area contributed by atoms with Gasteiger partial charge < -0.3 is 15.4 Å². The number of carbonyl (C=O) groups excluding carboxylic acids is 1. The van der Waals surface area contributed by atoms with E-state index in [1.165, 1.54) is 0 Å². The summed E-state index contributed by atoms with van der Waals surface area (Å²) in [7, 11) is 0. The largest absolute Gasteiger partial charge is 0.369 e. The van der Waals surface area contributed by atoms with Crippen molar-refractivity contribution in [1.82, 2.24) is 20.5 Å². The summed E-state index contributed by atoms with van der Waals surface area (Å²) >= 11 is 6.00. The minimum atomic E-state index is -0.375. The van der Waals surface area contributed by atoms with Crippen molar-refractivity contribution in [2.45, 2.75) is 13.0 Å². The highest BCUT2D eigenvalue weighted by molar-refractivity contribution is 6.34. The van der Waals surface area contributed by atoms with Crippen LogP contribution in [-0.2, 0) is 4.74 Å². The lowest BCUT2D eigenvalue weighted by molar-refractivity contribution is 0.0250. The minimum Gasteiger partial charge on any atom is -0.369 e. The zero-order valence-corrected chi connectivity index (χ0v) is 12.8. The molecule has 1 fully saturated rings. The first-order valence-electron chi connectivity index (χ1n) is 6.95. The number of amides is 1. The summed E-state index contributed by atoms with van der Waals surface area (Å²) in [5.41, 5.74) is 2.23. The molecule has 0 bridgehead atoms. The molecule has 2 aromatic heterocycles. The van der Waals surface area contributed by atoms with E-state index >= 15 is 0 Å². The molecule has 3 N–H and O–H groups in total. The number of nitrogens with zero attached hydrogens (tertiary/aromatic N) is 2. The fourth-order valence-electron chi connectivity index (χ4n) is 2.18. The average molecular weight is 322 g/mol. The number of aryl methyl sites for hydroxylation is 1. The molecule has 3 heterocycles. The Bertz CT molecular complexity index is 664. The molecule has 1 atom stereocenters. The predicted molar refractivity (Wildman–Crippen MR) is 82.1 cm³/mol. The smallest absolute Gasteiger partial charge is 0.277 e. The molecule has 1 aliphatic heterocycles. The van der Waals surface area contributed by atoms with Crippen LogP contribution < -0.4 is 10.6 Å². The van der Waals surface area contributed by atoms with Crippen molar-refractivity contribution in [2.24, 2.45) is 0 Å². The molecular formula is C14H16ClN5O2. The van der Waals surface area contributed by atoms with Gasteiger partial charge in [-0.15, -0.1) is 0 Å². The van der Waals surface area contributed by atoms with Crippen LogP contribution in [0.25, 0.3) is 0 Å².